The van der Waals surface area contributed by atoms with Crippen LogP contribution in [0.1, 0.15) is 48.3 Å². The van der Waals surface area contributed by atoms with Gasteiger partial charge in [0.1, 0.15) is 0 Å². The van der Waals surface area contributed by atoms with Crippen LogP contribution in [-0.2, 0) is 26.1 Å². The van der Waals surface area contributed by atoms with Crippen LogP contribution in [0.2, 0.25) is 0 Å². The number of hydrogen-bond acceptors (Lipinski definition) is 7. The molecule has 2 saturated heterocycles. The quantitative estimate of drug-likeness (QED) is 0.378. The summed E-state index contributed by atoms with van der Waals surface area (Å²) in [4.78, 5) is 2.47. The average Bonchev–Trinajstić information content (AvgIpc) is 3.40. The van der Waals surface area contributed by atoms with Gasteiger partial charge in [0.25, 0.3) is 10.0 Å². The van der Waals surface area contributed by atoms with Gasteiger partial charge in [0.05, 0.1) is 30.3 Å². The van der Waals surface area contributed by atoms with Gasteiger partial charge in [-0.3, -0.25) is 9.62 Å². The summed E-state index contributed by atoms with van der Waals surface area (Å²) in [7, 11) is -3.74. The molecule has 0 unspecified atom stereocenters. The standard InChI is InChI=1S/C29H34N2O6S/c32-19-21-11-13-22(14-12-21)28-17-26(18-31-15-5-8-25(31)20-33)36-29(37-28)23-6-4-7-24(16-23)30-38(34,35)27-9-2-1-3-10-27/h1-4,6-7,9-14,16,25-26,28-30,32-33H,5,8,15,17-20H2/t25-,26+,28-,29-/m0/s1. The van der Waals surface area contributed by atoms with Crippen molar-refractivity contribution in [2.75, 3.05) is 24.4 Å². The number of ether oxygens (including phenoxy) is 2. The van der Waals surface area contributed by atoms with Crippen LogP contribution in [-0.4, -0.2) is 55.4 Å². The van der Waals surface area contributed by atoms with Gasteiger partial charge >= 0.3 is 0 Å². The maximum atomic E-state index is 12.9. The zero-order valence-electron chi connectivity index (χ0n) is 21.1. The normalized spacial score (nSPS) is 24.4. The first-order valence-electron chi connectivity index (χ1n) is 13.0. The highest BCUT2D eigenvalue weighted by Gasteiger charge is 2.35. The molecule has 5 rings (SSSR count). The number of sulfonamides is 1. The molecule has 0 saturated carbocycles. The largest absolute Gasteiger partial charge is 0.395 e. The smallest absolute Gasteiger partial charge is 0.261 e. The average molecular weight is 539 g/mol. The number of nitrogens with one attached hydrogen (secondary N) is 1. The van der Waals surface area contributed by atoms with Crippen molar-refractivity contribution < 1.29 is 28.1 Å². The number of rotatable bonds is 9. The zero-order chi connectivity index (χ0) is 26.5. The Kier molecular flexibility index (Phi) is 8.42. The molecule has 0 spiro atoms. The van der Waals surface area contributed by atoms with Crippen LogP contribution < -0.4 is 4.72 Å². The summed E-state index contributed by atoms with van der Waals surface area (Å²) in [6.45, 7) is 1.70. The van der Waals surface area contributed by atoms with E-state index in [0.29, 0.717) is 24.2 Å². The monoisotopic (exact) mass is 538 g/mol. The van der Waals surface area contributed by atoms with Gasteiger partial charge < -0.3 is 19.7 Å². The van der Waals surface area contributed by atoms with Gasteiger partial charge in [0.15, 0.2) is 6.29 Å². The van der Waals surface area contributed by atoms with Crippen molar-refractivity contribution in [2.45, 2.75) is 55.3 Å². The van der Waals surface area contributed by atoms with E-state index >= 15 is 0 Å². The van der Waals surface area contributed by atoms with E-state index in [1.54, 1.807) is 48.5 Å². The van der Waals surface area contributed by atoms with Crippen molar-refractivity contribution in [1.82, 2.24) is 4.90 Å². The Bertz CT molecular complexity index is 1300. The Balaban J connectivity index is 1.38. The van der Waals surface area contributed by atoms with Gasteiger partial charge in [-0.05, 0) is 54.8 Å². The topological polar surface area (TPSA) is 108 Å². The summed E-state index contributed by atoms with van der Waals surface area (Å²) in [5.74, 6) is 0. The third-order valence-electron chi connectivity index (χ3n) is 7.23. The molecule has 3 N–H and O–H groups in total. The molecule has 0 aromatic heterocycles. The van der Waals surface area contributed by atoms with Gasteiger partial charge in [-0.2, -0.15) is 0 Å². The van der Waals surface area contributed by atoms with Crippen LogP contribution in [0, 0.1) is 0 Å². The molecule has 38 heavy (non-hydrogen) atoms. The van der Waals surface area contributed by atoms with Crippen LogP contribution in [0.5, 0.6) is 0 Å². The molecule has 2 aliphatic heterocycles. The van der Waals surface area contributed by atoms with E-state index in [1.165, 1.54) is 0 Å². The maximum absolute atomic E-state index is 12.9. The number of benzene rings is 3. The van der Waals surface area contributed by atoms with Gasteiger partial charge in [0, 0.05) is 30.3 Å². The predicted molar refractivity (Wildman–Crippen MR) is 144 cm³/mol. The predicted octanol–water partition coefficient (Wildman–Crippen LogP) is 3.98. The summed E-state index contributed by atoms with van der Waals surface area (Å²) in [5, 5.41) is 19.2. The Hall–Kier alpha value is -2.79. The first kappa shape index (κ1) is 26.8. The number of nitrogens with zero attached hydrogens (tertiary/aromatic N) is 1. The third-order valence-corrected chi connectivity index (χ3v) is 8.62. The molecule has 4 atom stereocenters. The minimum atomic E-state index is -3.74. The molecule has 2 aliphatic rings. The van der Waals surface area contributed by atoms with Crippen LogP contribution >= 0.6 is 0 Å². The van der Waals surface area contributed by atoms with E-state index in [0.717, 1.165) is 30.5 Å². The second kappa shape index (κ2) is 11.9. The molecule has 202 valence electrons. The molecular weight excluding hydrogens is 504 g/mol. The lowest BCUT2D eigenvalue weighted by molar-refractivity contribution is -0.253. The van der Waals surface area contributed by atoms with Gasteiger partial charge in [-0.25, -0.2) is 8.42 Å². The number of hydrogen-bond donors (Lipinski definition) is 3. The van der Waals surface area contributed by atoms with E-state index in [-0.39, 0.29) is 36.4 Å². The van der Waals surface area contributed by atoms with E-state index in [4.69, 9.17) is 9.47 Å². The van der Waals surface area contributed by atoms with Gasteiger partial charge in [-0.1, -0.05) is 54.6 Å². The Labute approximate surface area is 223 Å². The Morgan fingerprint density at radius 2 is 1.71 bits per heavy atom. The van der Waals surface area contributed by atoms with Crippen LogP contribution in [0.3, 0.4) is 0 Å². The molecule has 0 amide bonds. The van der Waals surface area contributed by atoms with Crippen molar-refractivity contribution in [3.8, 4) is 0 Å². The highest BCUT2D eigenvalue weighted by molar-refractivity contribution is 7.92. The van der Waals surface area contributed by atoms with Crippen molar-refractivity contribution in [1.29, 1.82) is 0 Å². The van der Waals surface area contributed by atoms with E-state index in [1.807, 2.05) is 30.3 Å². The lowest BCUT2D eigenvalue weighted by atomic mass is 9.99. The zero-order valence-corrected chi connectivity index (χ0v) is 22.0. The minimum Gasteiger partial charge on any atom is -0.395 e. The maximum Gasteiger partial charge on any atom is 0.261 e. The molecule has 3 aromatic carbocycles. The van der Waals surface area contributed by atoms with Crippen molar-refractivity contribution in [3.63, 3.8) is 0 Å². The molecule has 9 heteroatoms. The highest BCUT2D eigenvalue weighted by atomic mass is 32.2. The van der Waals surface area contributed by atoms with Crippen LogP contribution in [0.15, 0.2) is 83.8 Å². The molecule has 0 radical (unpaired) electrons. The van der Waals surface area contributed by atoms with E-state index in [9.17, 15) is 18.6 Å². The fourth-order valence-electron chi connectivity index (χ4n) is 5.20. The number of anilines is 1. The summed E-state index contributed by atoms with van der Waals surface area (Å²) >= 11 is 0. The van der Waals surface area contributed by atoms with E-state index < -0.39 is 16.3 Å². The molecule has 2 fully saturated rings. The molecule has 0 aliphatic carbocycles. The lowest BCUT2D eigenvalue weighted by Crippen LogP contribution is -2.42. The Morgan fingerprint density at radius 1 is 0.921 bits per heavy atom. The molecular formula is C29H34N2O6S. The van der Waals surface area contributed by atoms with Crippen LogP contribution in [0.4, 0.5) is 5.69 Å². The molecule has 3 aromatic rings. The molecule has 2 heterocycles. The van der Waals surface area contributed by atoms with E-state index in [2.05, 4.69) is 9.62 Å². The second-order valence-electron chi connectivity index (χ2n) is 9.87. The summed E-state index contributed by atoms with van der Waals surface area (Å²) in [6, 6.07) is 23.2. The van der Waals surface area contributed by atoms with Crippen molar-refractivity contribution in [2.24, 2.45) is 0 Å². The van der Waals surface area contributed by atoms with Gasteiger partial charge in [-0.15, -0.1) is 0 Å². The minimum absolute atomic E-state index is 0.0244. The molecule has 8 nitrogen and oxygen atoms in total. The first-order valence-corrected chi connectivity index (χ1v) is 14.5. The third kappa shape index (κ3) is 6.26. The summed E-state index contributed by atoms with van der Waals surface area (Å²) < 4.78 is 41.2. The number of aliphatic hydroxyl groups is 2. The first-order chi connectivity index (χ1) is 18.4. The summed E-state index contributed by atoms with van der Waals surface area (Å²) in [6.07, 6.45) is 1.57. The highest BCUT2D eigenvalue weighted by Crippen LogP contribution is 2.39. The van der Waals surface area contributed by atoms with Gasteiger partial charge in [0.2, 0.25) is 0 Å². The fourth-order valence-corrected chi connectivity index (χ4v) is 6.27. The Morgan fingerprint density at radius 3 is 2.45 bits per heavy atom. The van der Waals surface area contributed by atoms with Crippen LogP contribution in [0.25, 0.3) is 0 Å². The summed E-state index contributed by atoms with van der Waals surface area (Å²) in [5.41, 5.74) is 2.95. The number of likely N-dealkylation sites (tertiary alicyclic amines) is 1. The lowest BCUT2D eigenvalue weighted by Gasteiger charge is -2.38. The molecule has 0 bridgehead atoms. The van der Waals surface area contributed by atoms with Crippen molar-refractivity contribution in [3.05, 3.63) is 95.6 Å². The van der Waals surface area contributed by atoms with Crippen molar-refractivity contribution >= 4 is 15.7 Å². The number of aliphatic hydroxyl groups excluding tert-OH is 2. The fraction of sp³-hybridized carbons (Fsp3) is 0.379. The SMILES string of the molecule is O=S(=O)(Nc1cccc([C@H]2O[C@@H](CN3CCC[C@H]3CO)C[C@@H](c3ccc(CO)cc3)O2)c1)c1ccccc1. The second-order valence-corrected chi connectivity index (χ2v) is 11.6.